The normalized spacial score (nSPS) is 10.4. The Hall–Kier alpha value is -1.89. The van der Waals surface area contributed by atoms with Gasteiger partial charge in [0.15, 0.2) is 0 Å². The van der Waals surface area contributed by atoms with E-state index in [1.54, 1.807) is 13.1 Å². The van der Waals surface area contributed by atoms with E-state index in [0.29, 0.717) is 17.2 Å². The molecule has 1 N–H and O–H groups in total. The number of aliphatic hydroxyl groups is 1. The Morgan fingerprint density at radius 3 is 2.93 bits per heavy atom. The summed E-state index contributed by atoms with van der Waals surface area (Å²) in [5, 5.41) is 19.5. The van der Waals surface area contributed by atoms with Crippen molar-refractivity contribution in [3.05, 3.63) is 23.8 Å². The highest BCUT2D eigenvalue weighted by molar-refractivity contribution is 5.19. The standard InChI is InChI=1S/C7H8N6O/c1-5-6(3-14)2-8-7(10-5)13-4-9-11-12-13/h2,4,14H,3H2,1H3. The predicted molar refractivity (Wildman–Crippen MR) is 45.4 cm³/mol. The molecule has 0 bridgehead atoms. The topological polar surface area (TPSA) is 89.6 Å². The summed E-state index contributed by atoms with van der Waals surface area (Å²) in [6, 6.07) is 0. The van der Waals surface area contributed by atoms with Crippen LogP contribution in [-0.2, 0) is 6.61 Å². The Bertz CT molecular complexity index is 426. The molecule has 0 aromatic carbocycles. The van der Waals surface area contributed by atoms with Gasteiger partial charge in [0.25, 0.3) is 5.95 Å². The Labute approximate surface area is 79.4 Å². The molecule has 0 aliphatic heterocycles. The largest absolute Gasteiger partial charge is 0.392 e. The lowest BCUT2D eigenvalue weighted by Crippen LogP contribution is -2.05. The maximum absolute atomic E-state index is 8.91. The average Bonchev–Trinajstić information content (AvgIpc) is 2.70. The predicted octanol–water partition coefficient (Wildman–Crippen LogP) is -0.747. The van der Waals surface area contributed by atoms with Crippen LogP contribution >= 0.6 is 0 Å². The highest BCUT2D eigenvalue weighted by atomic mass is 16.3. The number of nitrogens with zero attached hydrogens (tertiary/aromatic N) is 6. The van der Waals surface area contributed by atoms with Crippen molar-refractivity contribution < 1.29 is 5.11 Å². The minimum Gasteiger partial charge on any atom is -0.392 e. The van der Waals surface area contributed by atoms with Crippen LogP contribution in [0.1, 0.15) is 11.3 Å². The van der Waals surface area contributed by atoms with Gasteiger partial charge in [-0.2, -0.15) is 4.68 Å². The number of tetrazole rings is 1. The van der Waals surface area contributed by atoms with Gasteiger partial charge in [0.2, 0.25) is 0 Å². The zero-order valence-corrected chi connectivity index (χ0v) is 7.49. The molecule has 0 radical (unpaired) electrons. The first-order chi connectivity index (χ1) is 6.81. The number of hydrogen-bond donors (Lipinski definition) is 1. The molecule has 2 aromatic heterocycles. The van der Waals surface area contributed by atoms with Crippen LogP contribution in [0.4, 0.5) is 0 Å². The van der Waals surface area contributed by atoms with E-state index in [1.165, 1.54) is 11.0 Å². The molecule has 0 spiro atoms. The molecule has 2 rings (SSSR count). The van der Waals surface area contributed by atoms with Gasteiger partial charge in [-0.15, -0.1) is 5.10 Å². The van der Waals surface area contributed by atoms with Crippen LogP contribution in [-0.4, -0.2) is 35.3 Å². The molecule has 0 amide bonds. The fraction of sp³-hybridized carbons (Fsp3) is 0.286. The van der Waals surface area contributed by atoms with Gasteiger partial charge in [-0.3, -0.25) is 0 Å². The van der Waals surface area contributed by atoms with Gasteiger partial charge in [-0.25, -0.2) is 9.97 Å². The lowest BCUT2D eigenvalue weighted by atomic mass is 10.3. The highest BCUT2D eigenvalue weighted by Crippen LogP contribution is 2.05. The van der Waals surface area contributed by atoms with Crippen LogP contribution in [0, 0.1) is 6.92 Å². The summed E-state index contributed by atoms with van der Waals surface area (Å²) in [6.45, 7) is 1.73. The Balaban J connectivity index is 2.43. The van der Waals surface area contributed by atoms with Crippen molar-refractivity contribution in [1.82, 2.24) is 30.2 Å². The molecule has 7 nitrogen and oxygen atoms in total. The highest BCUT2D eigenvalue weighted by Gasteiger charge is 2.04. The first-order valence-corrected chi connectivity index (χ1v) is 3.98. The molecule has 14 heavy (non-hydrogen) atoms. The zero-order valence-electron chi connectivity index (χ0n) is 7.49. The van der Waals surface area contributed by atoms with E-state index in [1.807, 2.05) is 0 Å². The molecule has 0 saturated heterocycles. The summed E-state index contributed by atoms with van der Waals surface area (Å²) in [6.07, 6.45) is 2.97. The van der Waals surface area contributed by atoms with E-state index < -0.39 is 0 Å². The first-order valence-electron chi connectivity index (χ1n) is 3.98. The van der Waals surface area contributed by atoms with Crippen LogP contribution in [0.15, 0.2) is 12.5 Å². The van der Waals surface area contributed by atoms with Crippen LogP contribution < -0.4 is 0 Å². The third-order valence-electron chi connectivity index (χ3n) is 1.79. The van der Waals surface area contributed by atoms with E-state index in [-0.39, 0.29) is 6.61 Å². The third kappa shape index (κ3) is 1.44. The van der Waals surface area contributed by atoms with Gasteiger partial charge in [-0.1, -0.05) is 0 Å². The molecule has 7 heteroatoms. The molecule has 0 unspecified atom stereocenters. The number of aliphatic hydroxyl groups excluding tert-OH is 1. The maximum atomic E-state index is 8.91. The SMILES string of the molecule is Cc1nc(-n2cnnn2)ncc1CO. The van der Waals surface area contributed by atoms with E-state index >= 15 is 0 Å². The van der Waals surface area contributed by atoms with Crippen LogP contribution in [0.2, 0.25) is 0 Å². The van der Waals surface area contributed by atoms with Crippen molar-refractivity contribution >= 4 is 0 Å². The second-order valence-corrected chi connectivity index (χ2v) is 2.69. The van der Waals surface area contributed by atoms with Crippen molar-refractivity contribution in [2.24, 2.45) is 0 Å². The number of aryl methyl sites for hydroxylation is 1. The minimum atomic E-state index is -0.0677. The van der Waals surface area contributed by atoms with Gasteiger partial charge in [-0.05, 0) is 17.4 Å². The molecule has 2 aromatic rings. The fourth-order valence-electron chi connectivity index (χ4n) is 0.998. The van der Waals surface area contributed by atoms with E-state index in [9.17, 15) is 0 Å². The summed E-state index contributed by atoms with van der Waals surface area (Å²) in [4.78, 5) is 8.14. The summed E-state index contributed by atoms with van der Waals surface area (Å²) in [7, 11) is 0. The van der Waals surface area contributed by atoms with Crippen LogP contribution in [0.3, 0.4) is 0 Å². The Morgan fingerprint density at radius 2 is 2.36 bits per heavy atom. The summed E-state index contributed by atoms with van der Waals surface area (Å²) >= 11 is 0. The summed E-state index contributed by atoms with van der Waals surface area (Å²) in [5.41, 5.74) is 1.41. The molecule has 0 atom stereocenters. The van der Waals surface area contributed by atoms with Crippen molar-refractivity contribution in [3.63, 3.8) is 0 Å². The average molecular weight is 192 g/mol. The molecular weight excluding hydrogens is 184 g/mol. The summed E-state index contributed by atoms with van der Waals surface area (Å²) in [5.74, 6) is 0.393. The quantitative estimate of drug-likeness (QED) is 0.673. The number of rotatable bonds is 2. The second-order valence-electron chi connectivity index (χ2n) is 2.69. The van der Waals surface area contributed by atoms with Gasteiger partial charge >= 0.3 is 0 Å². The number of hydrogen-bond acceptors (Lipinski definition) is 6. The zero-order chi connectivity index (χ0) is 9.97. The first kappa shape index (κ1) is 8.70. The molecule has 0 fully saturated rings. The Kier molecular flexibility index (Phi) is 2.15. The van der Waals surface area contributed by atoms with E-state index in [2.05, 4.69) is 25.5 Å². The number of aromatic nitrogens is 6. The smallest absolute Gasteiger partial charge is 0.253 e. The maximum Gasteiger partial charge on any atom is 0.253 e. The minimum absolute atomic E-state index is 0.0677. The lowest BCUT2D eigenvalue weighted by molar-refractivity contribution is 0.280. The van der Waals surface area contributed by atoms with Crippen molar-refractivity contribution in [3.8, 4) is 5.95 Å². The van der Waals surface area contributed by atoms with Gasteiger partial charge in [0, 0.05) is 17.5 Å². The van der Waals surface area contributed by atoms with Gasteiger partial charge in [0.05, 0.1) is 6.61 Å². The van der Waals surface area contributed by atoms with Gasteiger partial charge in [0.1, 0.15) is 6.33 Å². The summed E-state index contributed by atoms with van der Waals surface area (Å²) < 4.78 is 1.36. The fourth-order valence-corrected chi connectivity index (χ4v) is 0.998. The molecule has 2 heterocycles. The van der Waals surface area contributed by atoms with E-state index in [4.69, 9.17) is 5.11 Å². The van der Waals surface area contributed by atoms with Gasteiger partial charge < -0.3 is 5.11 Å². The second kappa shape index (κ2) is 3.46. The lowest BCUT2D eigenvalue weighted by Gasteiger charge is -2.02. The molecule has 72 valence electrons. The van der Waals surface area contributed by atoms with Crippen molar-refractivity contribution in [2.75, 3.05) is 0 Å². The molecule has 0 aliphatic rings. The molecule has 0 saturated carbocycles. The molecular formula is C7H8N6O. The Morgan fingerprint density at radius 1 is 1.50 bits per heavy atom. The van der Waals surface area contributed by atoms with Crippen molar-refractivity contribution in [1.29, 1.82) is 0 Å². The van der Waals surface area contributed by atoms with E-state index in [0.717, 1.165) is 0 Å². The third-order valence-corrected chi connectivity index (χ3v) is 1.79. The van der Waals surface area contributed by atoms with Crippen molar-refractivity contribution in [2.45, 2.75) is 13.5 Å². The monoisotopic (exact) mass is 192 g/mol. The molecule has 0 aliphatic carbocycles. The van der Waals surface area contributed by atoms with Crippen LogP contribution in [0.25, 0.3) is 5.95 Å². The van der Waals surface area contributed by atoms with Crippen LogP contribution in [0.5, 0.6) is 0 Å².